The zero-order chi connectivity index (χ0) is 25.5. The smallest absolute Gasteiger partial charge is 0.387 e. The van der Waals surface area contributed by atoms with E-state index in [0.29, 0.717) is 13.1 Å². The van der Waals surface area contributed by atoms with Gasteiger partial charge in [-0.3, -0.25) is 0 Å². The van der Waals surface area contributed by atoms with Crippen LogP contribution in [0.4, 0.5) is 26.3 Å². The van der Waals surface area contributed by atoms with Gasteiger partial charge < -0.3 is 15.7 Å². The maximum Gasteiger partial charge on any atom is 0.433 e. The van der Waals surface area contributed by atoms with Gasteiger partial charge in [-0.1, -0.05) is 23.3 Å². The Labute approximate surface area is 195 Å². The largest absolute Gasteiger partial charge is 0.433 e. The van der Waals surface area contributed by atoms with E-state index in [-0.39, 0.29) is 23.4 Å². The first kappa shape index (κ1) is 27.8. The highest BCUT2D eigenvalue weighted by molar-refractivity contribution is 5.61. The predicted octanol–water partition coefficient (Wildman–Crippen LogP) is 5.75. The molecule has 2 aromatic rings. The van der Waals surface area contributed by atoms with Crippen molar-refractivity contribution in [3.05, 3.63) is 64.4 Å². The van der Waals surface area contributed by atoms with Crippen LogP contribution in [0.1, 0.15) is 50.1 Å². The van der Waals surface area contributed by atoms with Crippen LogP contribution in [0.25, 0.3) is 11.3 Å². The van der Waals surface area contributed by atoms with Crippen molar-refractivity contribution in [2.75, 3.05) is 26.2 Å². The number of benzene rings is 1. The Bertz CT molecular complexity index is 964. The summed E-state index contributed by atoms with van der Waals surface area (Å²) in [7, 11) is 0. The number of halogens is 6. The average Bonchev–Trinajstić information content (AvgIpc) is 2.76. The quantitative estimate of drug-likeness (QED) is 0.226. The predicted molar refractivity (Wildman–Crippen MR) is 119 cm³/mol. The Balaban J connectivity index is 2.06. The van der Waals surface area contributed by atoms with E-state index in [2.05, 4.69) is 22.5 Å². The maximum atomic E-state index is 13.4. The summed E-state index contributed by atoms with van der Waals surface area (Å²) >= 11 is 0. The normalized spacial score (nSPS) is 13.1. The second kappa shape index (κ2) is 11.8. The number of aliphatic hydroxyl groups excluding tert-OH is 1. The zero-order valence-corrected chi connectivity index (χ0v) is 19.2. The number of aliphatic hydroxyl groups is 1. The van der Waals surface area contributed by atoms with Gasteiger partial charge in [-0.15, -0.1) is 0 Å². The number of nitrogens with one attached hydrogen (secondary N) is 2. The molecule has 0 spiro atoms. The van der Waals surface area contributed by atoms with Crippen molar-refractivity contribution in [1.29, 1.82) is 0 Å². The number of rotatable bonds is 10. The maximum absolute atomic E-state index is 13.4. The Morgan fingerprint density at radius 2 is 1.50 bits per heavy atom. The molecule has 0 saturated heterocycles. The lowest BCUT2D eigenvalue weighted by Crippen LogP contribution is -2.31. The minimum absolute atomic E-state index is 0.00242. The molecule has 1 atom stereocenters. The first-order valence-electron chi connectivity index (χ1n) is 10.8. The summed E-state index contributed by atoms with van der Waals surface area (Å²) in [4.78, 5) is 3.55. The van der Waals surface area contributed by atoms with Crippen LogP contribution in [0.5, 0.6) is 0 Å². The summed E-state index contributed by atoms with van der Waals surface area (Å²) in [5.74, 6) is 0. The van der Waals surface area contributed by atoms with Gasteiger partial charge in [0.05, 0.1) is 17.4 Å². The number of pyridine rings is 1. The van der Waals surface area contributed by atoms with Crippen molar-refractivity contribution >= 4 is 0 Å². The third-order valence-corrected chi connectivity index (χ3v) is 5.38. The van der Waals surface area contributed by atoms with Crippen LogP contribution in [0, 0.1) is 0 Å². The molecule has 10 heteroatoms. The van der Waals surface area contributed by atoms with E-state index < -0.39 is 29.7 Å². The zero-order valence-electron chi connectivity index (χ0n) is 19.2. The van der Waals surface area contributed by atoms with Gasteiger partial charge in [0.15, 0.2) is 0 Å². The third kappa shape index (κ3) is 8.41. The number of nitrogens with zero attached hydrogens (tertiary/aromatic N) is 1. The fraction of sp³-hybridized carbons (Fsp3) is 0.458. The summed E-state index contributed by atoms with van der Waals surface area (Å²) < 4.78 is 78.4. The number of allylic oxidation sites excluding steroid dienone is 1. The van der Waals surface area contributed by atoms with Crippen molar-refractivity contribution in [3.8, 4) is 11.3 Å². The van der Waals surface area contributed by atoms with Crippen molar-refractivity contribution in [2.45, 2.75) is 45.6 Å². The molecule has 0 amide bonds. The average molecular weight is 490 g/mol. The number of aromatic nitrogens is 1. The van der Waals surface area contributed by atoms with Gasteiger partial charge in [0.1, 0.15) is 5.69 Å². The van der Waals surface area contributed by atoms with E-state index in [0.717, 1.165) is 43.3 Å². The Kier molecular flexibility index (Phi) is 9.66. The third-order valence-electron chi connectivity index (χ3n) is 5.38. The van der Waals surface area contributed by atoms with Crippen LogP contribution < -0.4 is 10.6 Å². The minimum Gasteiger partial charge on any atom is -0.387 e. The van der Waals surface area contributed by atoms with Gasteiger partial charge >= 0.3 is 12.4 Å². The van der Waals surface area contributed by atoms with E-state index in [1.165, 1.54) is 17.2 Å². The lowest BCUT2D eigenvalue weighted by molar-refractivity contribution is -0.141. The SMILES string of the molecule is CC(C)=C(C)CCNCCNCC(O)c1cc(-c2ccc(C(F)(F)F)cc2)nc(C(F)(F)F)c1. The number of hydrogen-bond donors (Lipinski definition) is 3. The highest BCUT2D eigenvalue weighted by Crippen LogP contribution is 2.34. The van der Waals surface area contributed by atoms with Gasteiger partial charge in [-0.25, -0.2) is 4.98 Å². The fourth-order valence-corrected chi connectivity index (χ4v) is 3.05. The summed E-state index contributed by atoms with van der Waals surface area (Å²) in [5, 5.41) is 16.7. The van der Waals surface area contributed by atoms with Crippen molar-refractivity contribution in [2.24, 2.45) is 0 Å². The summed E-state index contributed by atoms with van der Waals surface area (Å²) in [6.07, 6.45) is -9.69. The molecule has 1 aromatic carbocycles. The molecule has 188 valence electrons. The molecule has 34 heavy (non-hydrogen) atoms. The number of alkyl halides is 6. The Morgan fingerprint density at radius 3 is 2.06 bits per heavy atom. The molecule has 3 N–H and O–H groups in total. The van der Waals surface area contributed by atoms with Crippen molar-refractivity contribution in [1.82, 2.24) is 15.6 Å². The van der Waals surface area contributed by atoms with Crippen LogP contribution in [0.3, 0.4) is 0 Å². The summed E-state index contributed by atoms with van der Waals surface area (Å²) in [6, 6.07) is 5.68. The molecule has 0 saturated carbocycles. The molecule has 0 radical (unpaired) electrons. The second-order valence-corrected chi connectivity index (χ2v) is 8.24. The standard InChI is InChI=1S/C24H29F6N3O/c1-15(2)16(3)8-9-31-10-11-32-14-21(34)18-12-20(33-22(13-18)24(28,29)30)17-4-6-19(7-5-17)23(25,26)27/h4-7,12-13,21,31-32,34H,8-11,14H2,1-3H3. The first-order valence-corrected chi connectivity index (χ1v) is 10.8. The molecule has 0 aliphatic heterocycles. The van der Waals surface area contributed by atoms with Crippen LogP contribution in [-0.2, 0) is 12.4 Å². The molecule has 4 nitrogen and oxygen atoms in total. The minimum atomic E-state index is -4.78. The molecule has 2 rings (SSSR count). The van der Waals surface area contributed by atoms with Gasteiger partial charge in [0, 0.05) is 25.2 Å². The van der Waals surface area contributed by atoms with Crippen LogP contribution >= 0.6 is 0 Å². The topological polar surface area (TPSA) is 57.2 Å². The molecular formula is C24H29F6N3O. The molecule has 0 fully saturated rings. The highest BCUT2D eigenvalue weighted by atomic mass is 19.4. The number of hydrogen-bond acceptors (Lipinski definition) is 4. The fourth-order valence-electron chi connectivity index (χ4n) is 3.05. The highest BCUT2D eigenvalue weighted by Gasteiger charge is 2.34. The second-order valence-electron chi connectivity index (χ2n) is 8.24. The van der Waals surface area contributed by atoms with Gasteiger partial charge in [0.2, 0.25) is 0 Å². The Morgan fingerprint density at radius 1 is 0.882 bits per heavy atom. The molecule has 0 aliphatic rings. The monoisotopic (exact) mass is 489 g/mol. The van der Waals surface area contributed by atoms with Crippen LogP contribution in [0.2, 0.25) is 0 Å². The summed E-state index contributed by atoms with van der Waals surface area (Å²) in [6.45, 7) is 8.06. The van der Waals surface area contributed by atoms with Crippen LogP contribution in [-0.4, -0.2) is 36.3 Å². The van der Waals surface area contributed by atoms with E-state index in [1.807, 2.05) is 13.8 Å². The molecule has 1 unspecified atom stereocenters. The summed E-state index contributed by atoms with van der Waals surface area (Å²) in [5.41, 5.74) is 0.307. The molecule has 0 bridgehead atoms. The lowest BCUT2D eigenvalue weighted by Gasteiger charge is -2.16. The molecular weight excluding hydrogens is 460 g/mol. The molecule has 0 aliphatic carbocycles. The van der Waals surface area contributed by atoms with Gasteiger partial charge in [-0.2, -0.15) is 26.3 Å². The van der Waals surface area contributed by atoms with Crippen molar-refractivity contribution in [3.63, 3.8) is 0 Å². The lowest BCUT2D eigenvalue weighted by atomic mass is 10.0. The van der Waals surface area contributed by atoms with E-state index in [1.54, 1.807) is 0 Å². The Hall–Kier alpha value is -2.43. The van der Waals surface area contributed by atoms with Gasteiger partial charge in [-0.05, 0) is 63.6 Å². The first-order chi connectivity index (χ1) is 15.8. The van der Waals surface area contributed by atoms with Gasteiger partial charge in [0.25, 0.3) is 0 Å². The van der Waals surface area contributed by atoms with Crippen LogP contribution in [0.15, 0.2) is 47.5 Å². The van der Waals surface area contributed by atoms with E-state index >= 15 is 0 Å². The molecule has 1 heterocycles. The van der Waals surface area contributed by atoms with E-state index in [9.17, 15) is 31.4 Å². The molecule has 1 aromatic heterocycles. The van der Waals surface area contributed by atoms with E-state index in [4.69, 9.17) is 0 Å². The van der Waals surface area contributed by atoms with Crippen molar-refractivity contribution < 1.29 is 31.4 Å².